The second kappa shape index (κ2) is 6.67. The number of nitrogens with zero attached hydrogens (tertiary/aromatic N) is 2. The third kappa shape index (κ3) is 3.67. The molecule has 0 bridgehead atoms. The van der Waals surface area contributed by atoms with Crippen LogP contribution in [0.5, 0.6) is 0 Å². The Labute approximate surface area is 123 Å². The van der Waals surface area contributed by atoms with Crippen LogP contribution in [-0.4, -0.2) is 27.3 Å². The molecule has 2 aromatic heterocycles. The molecule has 0 aliphatic carbocycles. The van der Waals surface area contributed by atoms with Crippen LogP contribution < -0.4 is 5.32 Å². The fraction of sp³-hybridized carbons (Fsp3) is 0.417. The van der Waals surface area contributed by atoms with E-state index in [1.807, 2.05) is 6.92 Å². The normalized spacial score (nSPS) is 12.5. The lowest BCUT2D eigenvalue weighted by Gasteiger charge is -2.11. The molecule has 8 heteroatoms. The van der Waals surface area contributed by atoms with Crippen LogP contribution in [0.25, 0.3) is 11.7 Å². The molecule has 2 heterocycles. The highest BCUT2D eigenvalue weighted by Gasteiger charge is 2.17. The Hall–Kier alpha value is -1.67. The Bertz CT molecular complexity index is 581. The Kier molecular flexibility index (Phi) is 4.91. The molecule has 0 radical (unpaired) electrons. The first-order valence-corrected chi connectivity index (χ1v) is 6.93. The van der Waals surface area contributed by atoms with Gasteiger partial charge in [-0.15, -0.1) is 10.2 Å². The number of aliphatic carboxylic acids is 1. The number of halogens is 1. The van der Waals surface area contributed by atoms with E-state index in [0.717, 1.165) is 6.42 Å². The van der Waals surface area contributed by atoms with Gasteiger partial charge in [-0.25, -0.2) is 0 Å². The summed E-state index contributed by atoms with van der Waals surface area (Å²) in [4.78, 5) is 11.0. The van der Waals surface area contributed by atoms with E-state index in [-0.39, 0.29) is 12.4 Å². The first-order chi connectivity index (χ1) is 9.60. The number of nitrogens with one attached hydrogen (secondary N) is 1. The third-order valence-electron chi connectivity index (χ3n) is 2.63. The zero-order valence-electron chi connectivity index (χ0n) is 10.8. The number of rotatable bonds is 7. The number of aromatic nitrogens is 2. The standard InChI is InChI=1S/C12H14BrN3O4/c1-2-3-7(12(17)18)14-6-10-15-16-11(20-10)8-4-5-9(13)19-8/h4-5,7,14H,2-3,6H2,1H3,(H,17,18). The number of furan rings is 1. The average Bonchev–Trinajstić information content (AvgIpc) is 3.02. The van der Waals surface area contributed by atoms with E-state index in [4.69, 9.17) is 13.9 Å². The van der Waals surface area contributed by atoms with Crippen molar-refractivity contribution in [2.75, 3.05) is 0 Å². The van der Waals surface area contributed by atoms with Gasteiger partial charge < -0.3 is 13.9 Å². The lowest BCUT2D eigenvalue weighted by molar-refractivity contribution is -0.139. The maximum absolute atomic E-state index is 11.0. The minimum Gasteiger partial charge on any atom is -0.480 e. The van der Waals surface area contributed by atoms with Crippen LogP contribution in [-0.2, 0) is 11.3 Å². The number of hydrogen-bond donors (Lipinski definition) is 2. The minimum absolute atomic E-state index is 0.200. The van der Waals surface area contributed by atoms with Crippen LogP contribution in [0.1, 0.15) is 25.7 Å². The summed E-state index contributed by atoms with van der Waals surface area (Å²) in [5.41, 5.74) is 0. The molecule has 2 rings (SSSR count). The Morgan fingerprint density at radius 2 is 2.25 bits per heavy atom. The van der Waals surface area contributed by atoms with Crippen molar-refractivity contribution < 1.29 is 18.7 Å². The van der Waals surface area contributed by atoms with E-state index >= 15 is 0 Å². The van der Waals surface area contributed by atoms with Gasteiger partial charge in [0, 0.05) is 0 Å². The molecule has 1 atom stereocenters. The van der Waals surface area contributed by atoms with Crippen LogP contribution in [0, 0.1) is 0 Å². The summed E-state index contributed by atoms with van der Waals surface area (Å²) in [6.45, 7) is 2.13. The number of carboxylic acid groups (broad SMARTS) is 1. The van der Waals surface area contributed by atoms with E-state index in [9.17, 15) is 4.79 Å². The molecule has 0 saturated carbocycles. The second-order valence-corrected chi connectivity index (χ2v) is 4.95. The zero-order chi connectivity index (χ0) is 14.5. The number of carboxylic acids is 1. The highest BCUT2D eigenvalue weighted by Crippen LogP contribution is 2.23. The lowest BCUT2D eigenvalue weighted by atomic mass is 10.2. The number of carbonyl (C=O) groups is 1. The van der Waals surface area contributed by atoms with Crippen molar-refractivity contribution in [2.45, 2.75) is 32.4 Å². The lowest BCUT2D eigenvalue weighted by Crippen LogP contribution is -2.36. The van der Waals surface area contributed by atoms with E-state index in [2.05, 4.69) is 31.4 Å². The fourth-order valence-corrected chi connectivity index (χ4v) is 1.97. The first-order valence-electron chi connectivity index (χ1n) is 6.14. The average molecular weight is 344 g/mol. The molecule has 0 aromatic carbocycles. The molecular formula is C12H14BrN3O4. The summed E-state index contributed by atoms with van der Waals surface area (Å²) in [6, 6.07) is 2.80. The van der Waals surface area contributed by atoms with Crippen LogP contribution >= 0.6 is 15.9 Å². The highest BCUT2D eigenvalue weighted by molar-refractivity contribution is 9.10. The molecule has 0 saturated heterocycles. The van der Waals surface area contributed by atoms with Crippen LogP contribution in [0.4, 0.5) is 0 Å². The summed E-state index contributed by atoms with van der Waals surface area (Å²) in [6.07, 6.45) is 1.32. The quantitative estimate of drug-likeness (QED) is 0.795. The van der Waals surface area contributed by atoms with Crippen molar-refractivity contribution in [3.05, 3.63) is 22.7 Å². The van der Waals surface area contributed by atoms with Gasteiger partial charge in [-0.05, 0) is 34.5 Å². The van der Waals surface area contributed by atoms with Crippen molar-refractivity contribution in [1.82, 2.24) is 15.5 Å². The van der Waals surface area contributed by atoms with Gasteiger partial charge in [0.15, 0.2) is 10.4 Å². The van der Waals surface area contributed by atoms with Crippen molar-refractivity contribution in [2.24, 2.45) is 0 Å². The molecule has 0 spiro atoms. The molecule has 0 aliphatic heterocycles. The van der Waals surface area contributed by atoms with Crippen molar-refractivity contribution in [1.29, 1.82) is 0 Å². The van der Waals surface area contributed by atoms with Gasteiger partial charge in [0.2, 0.25) is 5.89 Å². The first kappa shape index (κ1) is 14.7. The summed E-state index contributed by atoms with van der Waals surface area (Å²) in [7, 11) is 0. The zero-order valence-corrected chi connectivity index (χ0v) is 12.4. The largest absolute Gasteiger partial charge is 0.480 e. The predicted octanol–water partition coefficient (Wildman–Crippen LogP) is 2.43. The summed E-state index contributed by atoms with van der Waals surface area (Å²) < 4.78 is 11.3. The predicted molar refractivity (Wildman–Crippen MR) is 72.9 cm³/mol. The fourth-order valence-electron chi connectivity index (χ4n) is 1.67. The molecule has 1 unspecified atom stereocenters. The van der Waals surface area contributed by atoms with E-state index < -0.39 is 12.0 Å². The van der Waals surface area contributed by atoms with Crippen molar-refractivity contribution in [3.63, 3.8) is 0 Å². The maximum Gasteiger partial charge on any atom is 0.320 e. The van der Waals surface area contributed by atoms with Crippen molar-refractivity contribution in [3.8, 4) is 11.7 Å². The molecule has 0 aliphatic rings. The van der Waals surface area contributed by atoms with E-state index in [0.29, 0.717) is 22.7 Å². The summed E-state index contributed by atoms with van der Waals surface area (Å²) in [5, 5.41) is 19.6. The Morgan fingerprint density at radius 3 is 2.85 bits per heavy atom. The molecule has 0 amide bonds. The smallest absolute Gasteiger partial charge is 0.320 e. The van der Waals surface area contributed by atoms with Gasteiger partial charge in [0.05, 0.1) is 6.54 Å². The van der Waals surface area contributed by atoms with Gasteiger partial charge in [-0.1, -0.05) is 13.3 Å². The SMILES string of the molecule is CCCC(NCc1nnc(-c2ccc(Br)o2)o1)C(=O)O. The monoisotopic (exact) mass is 343 g/mol. The molecule has 2 aromatic rings. The maximum atomic E-state index is 11.0. The number of hydrogen-bond acceptors (Lipinski definition) is 6. The van der Waals surface area contributed by atoms with Gasteiger partial charge in [-0.2, -0.15) is 0 Å². The van der Waals surface area contributed by atoms with Crippen LogP contribution in [0.15, 0.2) is 25.6 Å². The molecule has 7 nitrogen and oxygen atoms in total. The van der Waals surface area contributed by atoms with Crippen LogP contribution in [0.3, 0.4) is 0 Å². The Balaban J connectivity index is 1.97. The molecule has 2 N–H and O–H groups in total. The van der Waals surface area contributed by atoms with Crippen LogP contribution in [0.2, 0.25) is 0 Å². The topological polar surface area (TPSA) is 101 Å². The van der Waals surface area contributed by atoms with Gasteiger partial charge in [0.25, 0.3) is 5.89 Å². The molecular weight excluding hydrogens is 330 g/mol. The highest BCUT2D eigenvalue weighted by atomic mass is 79.9. The van der Waals surface area contributed by atoms with Crippen molar-refractivity contribution >= 4 is 21.9 Å². The second-order valence-electron chi connectivity index (χ2n) is 4.17. The Morgan fingerprint density at radius 1 is 1.45 bits per heavy atom. The summed E-state index contributed by atoms with van der Waals surface area (Å²) in [5.74, 6) is 0.144. The van der Waals surface area contributed by atoms with Gasteiger partial charge in [0.1, 0.15) is 6.04 Å². The van der Waals surface area contributed by atoms with Gasteiger partial charge >= 0.3 is 5.97 Å². The molecule has 0 fully saturated rings. The van der Waals surface area contributed by atoms with E-state index in [1.54, 1.807) is 12.1 Å². The third-order valence-corrected chi connectivity index (χ3v) is 3.05. The molecule has 108 valence electrons. The minimum atomic E-state index is -0.887. The van der Waals surface area contributed by atoms with Gasteiger partial charge in [-0.3, -0.25) is 10.1 Å². The summed E-state index contributed by atoms with van der Waals surface area (Å²) >= 11 is 3.19. The molecule has 20 heavy (non-hydrogen) atoms. The van der Waals surface area contributed by atoms with E-state index in [1.165, 1.54) is 0 Å².